The van der Waals surface area contributed by atoms with Gasteiger partial charge in [-0.3, -0.25) is 0 Å². The van der Waals surface area contributed by atoms with Gasteiger partial charge in [-0.1, -0.05) is 29.8 Å². The number of aromatic nitrogens is 1. The minimum absolute atomic E-state index is 0. The van der Waals surface area contributed by atoms with Crippen molar-refractivity contribution in [3.05, 3.63) is 58.4 Å². The fraction of sp³-hybridized carbons (Fsp3) is 0.368. The molecule has 2 N–H and O–H groups in total. The number of aryl methyl sites for hydroxylation is 1. The van der Waals surface area contributed by atoms with Gasteiger partial charge in [-0.05, 0) is 37.1 Å². The summed E-state index contributed by atoms with van der Waals surface area (Å²) in [5.74, 6) is 0.724. The van der Waals surface area contributed by atoms with Gasteiger partial charge < -0.3 is 15.4 Å². The molecule has 1 heterocycles. The molecule has 29 heavy (non-hydrogen) atoms. The summed E-state index contributed by atoms with van der Waals surface area (Å²) in [6.45, 7) is 3.66. The second kappa shape index (κ2) is 12.1. The maximum Gasteiger partial charge on any atom is 0.422 e. The van der Waals surface area contributed by atoms with Gasteiger partial charge in [-0.2, -0.15) is 13.2 Å². The van der Waals surface area contributed by atoms with Crippen molar-refractivity contribution in [3.63, 3.8) is 0 Å². The number of nitrogens with zero attached hydrogens (tertiary/aromatic N) is 2. The van der Waals surface area contributed by atoms with E-state index < -0.39 is 12.8 Å². The molecule has 0 saturated heterocycles. The highest BCUT2D eigenvalue weighted by molar-refractivity contribution is 14.0. The first-order chi connectivity index (χ1) is 13.3. The summed E-state index contributed by atoms with van der Waals surface area (Å²) in [4.78, 5) is 8.46. The van der Waals surface area contributed by atoms with Crippen molar-refractivity contribution in [2.24, 2.45) is 4.99 Å². The number of halogens is 5. The lowest BCUT2D eigenvalue weighted by Crippen LogP contribution is -2.37. The SMILES string of the molecule is CCNC(=NCc1ccc(Cl)nc1)NCc1ccc(C)cc1OCC(F)(F)F.I. The molecular weight excluding hydrogens is 520 g/mol. The third kappa shape index (κ3) is 9.53. The average molecular weight is 543 g/mol. The number of nitrogens with one attached hydrogen (secondary N) is 2. The van der Waals surface area contributed by atoms with Crippen LogP contribution in [0.25, 0.3) is 0 Å². The van der Waals surface area contributed by atoms with E-state index in [1.807, 2.05) is 19.1 Å². The highest BCUT2D eigenvalue weighted by Crippen LogP contribution is 2.23. The molecule has 0 radical (unpaired) electrons. The van der Waals surface area contributed by atoms with Gasteiger partial charge in [-0.15, -0.1) is 24.0 Å². The monoisotopic (exact) mass is 542 g/mol. The normalized spacial score (nSPS) is 11.6. The summed E-state index contributed by atoms with van der Waals surface area (Å²) in [6.07, 6.45) is -2.75. The fourth-order valence-corrected chi connectivity index (χ4v) is 2.40. The maximum absolute atomic E-state index is 12.5. The van der Waals surface area contributed by atoms with Crippen molar-refractivity contribution in [1.29, 1.82) is 0 Å². The number of ether oxygens (including phenoxy) is 1. The van der Waals surface area contributed by atoms with Crippen molar-refractivity contribution in [3.8, 4) is 5.75 Å². The average Bonchev–Trinajstić information content (AvgIpc) is 2.64. The zero-order valence-electron chi connectivity index (χ0n) is 16.0. The summed E-state index contributed by atoms with van der Waals surface area (Å²) in [5.41, 5.74) is 2.30. The van der Waals surface area contributed by atoms with E-state index in [0.717, 1.165) is 11.1 Å². The van der Waals surface area contributed by atoms with Crippen LogP contribution in [0.1, 0.15) is 23.6 Å². The van der Waals surface area contributed by atoms with Gasteiger partial charge in [0, 0.05) is 24.8 Å². The summed E-state index contributed by atoms with van der Waals surface area (Å²) < 4.78 is 42.4. The van der Waals surface area contributed by atoms with Crippen LogP contribution in [0.5, 0.6) is 5.75 Å². The van der Waals surface area contributed by atoms with Gasteiger partial charge in [0.1, 0.15) is 10.9 Å². The van der Waals surface area contributed by atoms with E-state index in [1.165, 1.54) is 0 Å². The van der Waals surface area contributed by atoms with Crippen LogP contribution in [0, 0.1) is 6.92 Å². The van der Waals surface area contributed by atoms with Crippen molar-refractivity contribution in [1.82, 2.24) is 15.6 Å². The molecule has 0 aliphatic rings. The predicted octanol–water partition coefficient (Wildman–Crippen LogP) is 4.86. The molecule has 0 saturated carbocycles. The van der Waals surface area contributed by atoms with E-state index in [4.69, 9.17) is 16.3 Å². The van der Waals surface area contributed by atoms with Crippen LogP contribution in [0.2, 0.25) is 5.15 Å². The molecule has 0 spiro atoms. The Morgan fingerprint density at radius 3 is 2.59 bits per heavy atom. The third-order valence-corrected chi connectivity index (χ3v) is 3.84. The molecule has 1 aromatic carbocycles. The van der Waals surface area contributed by atoms with Crippen LogP contribution in [-0.2, 0) is 13.1 Å². The lowest BCUT2D eigenvalue weighted by molar-refractivity contribution is -0.153. The summed E-state index contributed by atoms with van der Waals surface area (Å²) in [7, 11) is 0. The highest BCUT2D eigenvalue weighted by atomic mass is 127. The lowest BCUT2D eigenvalue weighted by Gasteiger charge is -2.16. The smallest absolute Gasteiger partial charge is 0.422 e. The van der Waals surface area contributed by atoms with Gasteiger partial charge in [0.15, 0.2) is 12.6 Å². The topological polar surface area (TPSA) is 58.5 Å². The Bertz CT molecular complexity index is 801. The molecule has 2 rings (SSSR count). The Hall–Kier alpha value is -1.75. The molecular formula is C19H23ClF3IN4O. The fourth-order valence-electron chi connectivity index (χ4n) is 2.29. The zero-order chi connectivity index (χ0) is 20.6. The van der Waals surface area contributed by atoms with E-state index in [9.17, 15) is 13.2 Å². The number of hydrogen-bond acceptors (Lipinski definition) is 3. The summed E-state index contributed by atoms with van der Waals surface area (Å²) in [6, 6.07) is 8.66. The Morgan fingerprint density at radius 1 is 1.21 bits per heavy atom. The molecule has 0 bridgehead atoms. The van der Waals surface area contributed by atoms with E-state index in [1.54, 1.807) is 31.3 Å². The largest absolute Gasteiger partial charge is 0.484 e. The van der Waals surface area contributed by atoms with Gasteiger partial charge >= 0.3 is 6.18 Å². The Balaban J connectivity index is 0.00000420. The number of benzene rings is 1. The third-order valence-electron chi connectivity index (χ3n) is 3.61. The number of alkyl halides is 3. The lowest BCUT2D eigenvalue weighted by atomic mass is 10.1. The van der Waals surface area contributed by atoms with Crippen molar-refractivity contribution in [2.75, 3.05) is 13.2 Å². The van der Waals surface area contributed by atoms with Gasteiger partial charge in [0.05, 0.1) is 6.54 Å². The summed E-state index contributed by atoms with van der Waals surface area (Å²) >= 11 is 5.77. The number of aliphatic imine (C=N–C) groups is 1. The molecule has 0 fully saturated rings. The van der Waals surface area contributed by atoms with E-state index in [-0.39, 0.29) is 36.3 Å². The standard InChI is InChI=1S/C19H22ClF3N4O.HI/c1-3-24-18(26-10-14-5-7-17(20)25-9-14)27-11-15-6-4-13(2)8-16(15)28-12-19(21,22)23;/h4-9H,3,10-12H2,1-2H3,(H2,24,26,27);1H. The molecule has 0 atom stereocenters. The summed E-state index contributed by atoms with van der Waals surface area (Å²) in [5, 5.41) is 6.61. The Morgan fingerprint density at radius 2 is 1.97 bits per heavy atom. The highest BCUT2D eigenvalue weighted by Gasteiger charge is 2.28. The van der Waals surface area contributed by atoms with Crippen LogP contribution in [0.15, 0.2) is 41.5 Å². The molecule has 0 amide bonds. The van der Waals surface area contributed by atoms with Crippen molar-refractivity contribution >= 4 is 41.5 Å². The second-order valence-electron chi connectivity index (χ2n) is 6.05. The van der Waals surface area contributed by atoms with Crippen LogP contribution in [-0.4, -0.2) is 30.3 Å². The quantitative estimate of drug-likeness (QED) is 0.227. The van der Waals surface area contributed by atoms with Crippen molar-refractivity contribution in [2.45, 2.75) is 33.1 Å². The second-order valence-corrected chi connectivity index (χ2v) is 6.44. The number of rotatable bonds is 7. The van der Waals surface area contributed by atoms with Crippen LogP contribution in [0.4, 0.5) is 13.2 Å². The van der Waals surface area contributed by atoms with Crippen LogP contribution >= 0.6 is 35.6 Å². The predicted molar refractivity (Wildman–Crippen MR) is 119 cm³/mol. The van der Waals surface area contributed by atoms with E-state index in [2.05, 4.69) is 20.6 Å². The van der Waals surface area contributed by atoms with Gasteiger partial charge in [-0.25, -0.2) is 9.98 Å². The molecule has 2 aromatic rings. The minimum atomic E-state index is -4.39. The number of hydrogen-bond donors (Lipinski definition) is 2. The molecule has 160 valence electrons. The first-order valence-corrected chi connectivity index (χ1v) is 9.06. The molecule has 5 nitrogen and oxygen atoms in total. The number of pyridine rings is 1. The minimum Gasteiger partial charge on any atom is -0.484 e. The molecule has 0 unspecified atom stereocenters. The Labute approximate surface area is 190 Å². The zero-order valence-corrected chi connectivity index (χ0v) is 19.1. The molecule has 1 aromatic heterocycles. The van der Waals surface area contributed by atoms with Crippen molar-refractivity contribution < 1.29 is 17.9 Å². The molecule has 10 heteroatoms. The van der Waals surface area contributed by atoms with E-state index in [0.29, 0.717) is 29.8 Å². The molecule has 0 aliphatic heterocycles. The first-order valence-electron chi connectivity index (χ1n) is 8.68. The number of guanidine groups is 1. The van der Waals surface area contributed by atoms with Crippen LogP contribution < -0.4 is 15.4 Å². The van der Waals surface area contributed by atoms with E-state index >= 15 is 0 Å². The van der Waals surface area contributed by atoms with Gasteiger partial charge in [0.2, 0.25) is 0 Å². The van der Waals surface area contributed by atoms with Gasteiger partial charge in [0.25, 0.3) is 0 Å². The molecule has 0 aliphatic carbocycles. The maximum atomic E-state index is 12.5. The Kier molecular flexibility index (Phi) is 10.5. The van der Waals surface area contributed by atoms with Crippen LogP contribution in [0.3, 0.4) is 0 Å². The first kappa shape index (κ1) is 25.3.